The molecule has 21 heavy (non-hydrogen) atoms. The molecule has 0 aromatic heterocycles. The first kappa shape index (κ1) is 14.8. The van der Waals surface area contributed by atoms with E-state index in [0.717, 1.165) is 6.42 Å². The largest absolute Gasteiger partial charge is 0.484 e. The van der Waals surface area contributed by atoms with Crippen molar-refractivity contribution in [3.63, 3.8) is 0 Å². The zero-order valence-electron chi connectivity index (χ0n) is 11.5. The number of carbonyl (C=O) groups is 3. The maximum absolute atomic E-state index is 11.6. The number of benzene rings is 1. The summed E-state index contributed by atoms with van der Waals surface area (Å²) < 4.78 is 5.21. The van der Waals surface area contributed by atoms with Crippen molar-refractivity contribution in [2.75, 3.05) is 25.4 Å². The van der Waals surface area contributed by atoms with E-state index < -0.39 is 11.8 Å². The van der Waals surface area contributed by atoms with Gasteiger partial charge < -0.3 is 15.4 Å². The van der Waals surface area contributed by atoms with Crippen molar-refractivity contribution in [3.05, 3.63) is 24.3 Å². The minimum absolute atomic E-state index is 0.0595. The minimum atomic E-state index is -0.552. The molecule has 0 aliphatic carbocycles. The number of anilines is 1. The molecule has 0 saturated carbocycles. The van der Waals surface area contributed by atoms with Gasteiger partial charge in [-0.2, -0.15) is 0 Å². The summed E-state index contributed by atoms with van der Waals surface area (Å²) in [5, 5.41) is 2.19. The predicted molar refractivity (Wildman–Crippen MR) is 75.3 cm³/mol. The summed E-state index contributed by atoms with van der Waals surface area (Å²) in [7, 11) is 0. The van der Waals surface area contributed by atoms with Crippen molar-refractivity contribution in [2.45, 2.75) is 12.8 Å². The molecule has 0 bridgehead atoms. The molecule has 0 unspecified atom stereocenters. The van der Waals surface area contributed by atoms with Gasteiger partial charge >= 0.3 is 0 Å². The van der Waals surface area contributed by atoms with E-state index in [1.54, 1.807) is 24.3 Å². The average Bonchev–Trinajstić information content (AvgIpc) is 2.83. The standard InChI is InChI=1S/C14H17N3O4/c15-10-3-5-11(6-4-10)21-9-13(19)16-12(18)8-17-7-1-2-14(17)20/h3-6H,1-2,7-9,15H2,(H,16,18,19). The van der Waals surface area contributed by atoms with E-state index in [-0.39, 0.29) is 19.1 Å². The van der Waals surface area contributed by atoms with Gasteiger partial charge in [0.05, 0.1) is 6.54 Å². The third kappa shape index (κ3) is 4.48. The van der Waals surface area contributed by atoms with Crippen LogP contribution in [0.25, 0.3) is 0 Å². The van der Waals surface area contributed by atoms with Crippen LogP contribution in [0.5, 0.6) is 5.75 Å². The first-order valence-corrected chi connectivity index (χ1v) is 6.63. The number of nitrogens with zero attached hydrogens (tertiary/aromatic N) is 1. The van der Waals surface area contributed by atoms with E-state index in [2.05, 4.69) is 5.32 Å². The summed E-state index contributed by atoms with van der Waals surface area (Å²) in [6.07, 6.45) is 1.21. The fourth-order valence-electron chi connectivity index (χ4n) is 1.99. The Hall–Kier alpha value is -2.57. The third-order valence-corrected chi connectivity index (χ3v) is 3.03. The molecule has 0 atom stereocenters. The lowest BCUT2D eigenvalue weighted by atomic mass is 10.3. The number of likely N-dealkylation sites (tertiary alicyclic amines) is 1. The van der Waals surface area contributed by atoms with Crippen LogP contribution < -0.4 is 15.8 Å². The molecule has 7 nitrogen and oxygen atoms in total. The number of nitrogens with two attached hydrogens (primary N) is 1. The molecule has 1 aliphatic rings. The minimum Gasteiger partial charge on any atom is -0.484 e. The van der Waals surface area contributed by atoms with Crippen LogP contribution in [0.2, 0.25) is 0 Å². The Kier molecular flexibility index (Phi) is 4.76. The molecular weight excluding hydrogens is 274 g/mol. The van der Waals surface area contributed by atoms with E-state index in [9.17, 15) is 14.4 Å². The molecule has 2 rings (SSSR count). The number of imide groups is 1. The van der Waals surface area contributed by atoms with Gasteiger partial charge in [0.25, 0.3) is 5.91 Å². The van der Waals surface area contributed by atoms with Gasteiger partial charge in [-0.25, -0.2) is 0 Å². The highest BCUT2D eigenvalue weighted by Crippen LogP contribution is 2.12. The van der Waals surface area contributed by atoms with E-state index in [1.165, 1.54) is 4.90 Å². The fraction of sp³-hybridized carbons (Fsp3) is 0.357. The zero-order chi connectivity index (χ0) is 15.2. The molecular formula is C14H17N3O4. The maximum atomic E-state index is 11.6. The van der Waals surface area contributed by atoms with Gasteiger partial charge in [-0.15, -0.1) is 0 Å². The third-order valence-electron chi connectivity index (χ3n) is 3.03. The summed E-state index contributed by atoms with van der Waals surface area (Å²) in [6.45, 7) is 0.193. The number of rotatable bonds is 5. The van der Waals surface area contributed by atoms with E-state index in [1.807, 2.05) is 0 Å². The molecule has 7 heteroatoms. The highest BCUT2D eigenvalue weighted by Gasteiger charge is 2.22. The van der Waals surface area contributed by atoms with Crippen molar-refractivity contribution in [2.24, 2.45) is 0 Å². The normalized spacial score (nSPS) is 14.1. The second-order valence-electron chi connectivity index (χ2n) is 4.75. The van der Waals surface area contributed by atoms with Gasteiger partial charge in [0, 0.05) is 18.7 Å². The van der Waals surface area contributed by atoms with Crippen molar-refractivity contribution in [1.29, 1.82) is 0 Å². The number of nitrogens with one attached hydrogen (secondary N) is 1. The lowest BCUT2D eigenvalue weighted by Crippen LogP contribution is -2.42. The van der Waals surface area contributed by atoms with Crippen molar-refractivity contribution >= 4 is 23.4 Å². The Balaban J connectivity index is 1.72. The van der Waals surface area contributed by atoms with Gasteiger partial charge in [-0.3, -0.25) is 19.7 Å². The lowest BCUT2D eigenvalue weighted by molar-refractivity contribution is -0.136. The molecule has 0 radical (unpaired) electrons. The van der Waals surface area contributed by atoms with Crippen molar-refractivity contribution < 1.29 is 19.1 Å². The van der Waals surface area contributed by atoms with E-state index in [4.69, 9.17) is 10.5 Å². The Bertz CT molecular complexity index is 542. The number of carbonyl (C=O) groups excluding carboxylic acids is 3. The summed E-state index contributed by atoms with van der Waals surface area (Å²) in [5.41, 5.74) is 6.12. The molecule has 1 aliphatic heterocycles. The molecule has 1 aromatic carbocycles. The summed E-state index contributed by atoms with van der Waals surface area (Å²) in [6, 6.07) is 6.56. The van der Waals surface area contributed by atoms with Crippen molar-refractivity contribution in [3.8, 4) is 5.75 Å². The summed E-state index contributed by atoms with van der Waals surface area (Å²) >= 11 is 0. The lowest BCUT2D eigenvalue weighted by Gasteiger charge is -2.14. The van der Waals surface area contributed by atoms with Gasteiger partial charge in [0.15, 0.2) is 6.61 Å². The molecule has 3 N–H and O–H groups in total. The van der Waals surface area contributed by atoms with Crippen LogP contribution in [0.4, 0.5) is 5.69 Å². The SMILES string of the molecule is Nc1ccc(OCC(=O)NC(=O)CN2CCCC2=O)cc1. The zero-order valence-corrected chi connectivity index (χ0v) is 11.5. The second-order valence-corrected chi connectivity index (χ2v) is 4.75. The second kappa shape index (κ2) is 6.74. The van der Waals surface area contributed by atoms with Crippen molar-refractivity contribution in [1.82, 2.24) is 10.2 Å². The smallest absolute Gasteiger partial charge is 0.264 e. The van der Waals surface area contributed by atoms with Crippen LogP contribution in [0.1, 0.15) is 12.8 Å². The predicted octanol–water partition coefficient (Wildman–Crippen LogP) is -0.0872. The summed E-state index contributed by atoms with van der Waals surface area (Å²) in [4.78, 5) is 36.0. The molecule has 1 saturated heterocycles. The molecule has 1 heterocycles. The number of ether oxygens (including phenoxy) is 1. The fourth-order valence-corrected chi connectivity index (χ4v) is 1.99. The molecule has 112 valence electrons. The Labute approximate surface area is 122 Å². The van der Waals surface area contributed by atoms with Gasteiger partial charge in [0.2, 0.25) is 11.8 Å². The molecule has 0 spiro atoms. The first-order chi connectivity index (χ1) is 10.0. The van der Waals surface area contributed by atoms with Crippen LogP contribution in [-0.4, -0.2) is 42.3 Å². The maximum Gasteiger partial charge on any atom is 0.264 e. The molecule has 3 amide bonds. The van der Waals surface area contributed by atoms with Crippen LogP contribution >= 0.6 is 0 Å². The Morgan fingerprint density at radius 3 is 2.57 bits per heavy atom. The molecule has 1 aromatic rings. The van der Waals surface area contributed by atoms with Gasteiger partial charge in [-0.05, 0) is 30.7 Å². The van der Waals surface area contributed by atoms with Crippen LogP contribution in [0, 0.1) is 0 Å². The summed E-state index contributed by atoms with van der Waals surface area (Å²) in [5.74, 6) is -0.628. The Morgan fingerprint density at radius 2 is 1.95 bits per heavy atom. The number of hydrogen-bond acceptors (Lipinski definition) is 5. The highest BCUT2D eigenvalue weighted by molar-refractivity contribution is 5.98. The van der Waals surface area contributed by atoms with Gasteiger partial charge in [0.1, 0.15) is 5.75 Å². The van der Waals surface area contributed by atoms with Gasteiger partial charge in [-0.1, -0.05) is 0 Å². The molecule has 1 fully saturated rings. The van der Waals surface area contributed by atoms with E-state index in [0.29, 0.717) is 24.4 Å². The van der Waals surface area contributed by atoms with Crippen LogP contribution in [0.15, 0.2) is 24.3 Å². The monoisotopic (exact) mass is 291 g/mol. The number of hydrogen-bond donors (Lipinski definition) is 2. The number of nitrogen functional groups attached to an aromatic ring is 1. The first-order valence-electron chi connectivity index (χ1n) is 6.63. The van der Waals surface area contributed by atoms with E-state index >= 15 is 0 Å². The van der Waals surface area contributed by atoms with Crippen LogP contribution in [0.3, 0.4) is 0 Å². The van der Waals surface area contributed by atoms with Crippen LogP contribution in [-0.2, 0) is 14.4 Å². The Morgan fingerprint density at radius 1 is 1.24 bits per heavy atom. The average molecular weight is 291 g/mol. The quantitative estimate of drug-likeness (QED) is 0.738. The number of amides is 3. The topological polar surface area (TPSA) is 102 Å². The highest BCUT2D eigenvalue weighted by atomic mass is 16.5.